The molecular weight excluding hydrogens is 238 g/mol. The van der Waals surface area contributed by atoms with Crippen LogP contribution in [0, 0.1) is 0 Å². The van der Waals surface area contributed by atoms with E-state index >= 15 is 0 Å². The van der Waals surface area contributed by atoms with Crippen molar-refractivity contribution < 1.29 is 13.5 Å². The molecule has 0 atom stereocenters. The lowest BCUT2D eigenvalue weighted by molar-refractivity contribution is 0.00589. The Bertz CT molecular complexity index is 487. The molecule has 1 aromatic carbocycles. The van der Waals surface area contributed by atoms with Gasteiger partial charge in [-0.1, -0.05) is 12.1 Å². The first kappa shape index (κ1) is 12.5. The molecule has 0 spiro atoms. The van der Waals surface area contributed by atoms with Gasteiger partial charge in [-0.05, 0) is 43.6 Å². The molecule has 0 radical (unpaired) electrons. The first-order chi connectivity index (χ1) is 7.92. The van der Waals surface area contributed by atoms with Crippen molar-refractivity contribution >= 4 is 9.84 Å². The van der Waals surface area contributed by atoms with Gasteiger partial charge in [0.2, 0.25) is 0 Å². The highest BCUT2D eigenvalue weighted by Gasteiger charge is 2.31. The van der Waals surface area contributed by atoms with E-state index < -0.39 is 15.4 Å². The van der Waals surface area contributed by atoms with Crippen molar-refractivity contribution in [3.05, 3.63) is 29.8 Å². The van der Waals surface area contributed by atoms with E-state index in [-0.39, 0.29) is 0 Å². The molecule has 0 unspecified atom stereocenters. The van der Waals surface area contributed by atoms with Crippen molar-refractivity contribution in [2.45, 2.75) is 23.3 Å². The molecule has 1 saturated heterocycles. The first-order valence-electron chi connectivity index (χ1n) is 5.65. The van der Waals surface area contributed by atoms with E-state index in [1.165, 1.54) is 6.26 Å². The van der Waals surface area contributed by atoms with E-state index in [1.54, 1.807) is 24.3 Å². The molecule has 17 heavy (non-hydrogen) atoms. The number of hydrogen-bond acceptors (Lipinski definition) is 4. The number of sulfone groups is 1. The Morgan fingerprint density at radius 3 is 2.18 bits per heavy atom. The van der Waals surface area contributed by atoms with E-state index in [1.807, 2.05) is 0 Å². The highest BCUT2D eigenvalue weighted by molar-refractivity contribution is 7.90. The van der Waals surface area contributed by atoms with Gasteiger partial charge in [0.15, 0.2) is 9.84 Å². The fraction of sp³-hybridized carbons (Fsp3) is 0.500. The molecule has 94 valence electrons. The molecule has 1 aliphatic heterocycles. The van der Waals surface area contributed by atoms with Gasteiger partial charge < -0.3 is 10.4 Å². The van der Waals surface area contributed by atoms with Crippen molar-refractivity contribution in [1.29, 1.82) is 0 Å². The SMILES string of the molecule is CS(=O)(=O)c1ccc(C2(O)CCNCC2)cc1. The Morgan fingerprint density at radius 2 is 1.71 bits per heavy atom. The minimum Gasteiger partial charge on any atom is -0.385 e. The summed E-state index contributed by atoms with van der Waals surface area (Å²) in [7, 11) is -3.16. The second-order valence-corrected chi connectivity index (χ2v) is 6.59. The monoisotopic (exact) mass is 255 g/mol. The van der Waals surface area contributed by atoms with Crippen LogP contribution in [-0.2, 0) is 15.4 Å². The third-order valence-corrected chi connectivity index (χ3v) is 4.38. The van der Waals surface area contributed by atoms with E-state index in [2.05, 4.69) is 5.32 Å². The van der Waals surface area contributed by atoms with Gasteiger partial charge in [-0.25, -0.2) is 8.42 Å². The maximum atomic E-state index is 11.3. The molecule has 1 fully saturated rings. The molecule has 0 amide bonds. The third kappa shape index (κ3) is 2.68. The average Bonchev–Trinajstić information content (AvgIpc) is 2.29. The van der Waals surface area contributed by atoms with Crippen LogP contribution in [0.15, 0.2) is 29.2 Å². The summed E-state index contributed by atoms with van der Waals surface area (Å²) in [5.41, 5.74) is -0.0206. The molecule has 0 bridgehead atoms. The molecule has 2 N–H and O–H groups in total. The largest absolute Gasteiger partial charge is 0.385 e. The Labute approximate surface area is 102 Å². The van der Waals surface area contributed by atoms with E-state index in [0.29, 0.717) is 17.7 Å². The molecule has 0 aromatic heterocycles. The van der Waals surface area contributed by atoms with Crippen LogP contribution in [0.2, 0.25) is 0 Å². The van der Waals surface area contributed by atoms with Crippen LogP contribution in [0.1, 0.15) is 18.4 Å². The zero-order valence-corrected chi connectivity index (χ0v) is 10.6. The van der Waals surface area contributed by atoms with Crippen LogP contribution in [0.4, 0.5) is 0 Å². The summed E-state index contributed by atoms with van der Waals surface area (Å²) in [5, 5.41) is 13.6. The van der Waals surface area contributed by atoms with Crippen molar-refractivity contribution in [2.75, 3.05) is 19.3 Å². The summed E-state index contributed by atoms with van der Waals surface area (Å²) in [5.74, 6) is 0. The van der Waals surface area contributed by atoms with Gasteiger partial charge in [0.25, 0.3) is 0 Å². The van der Waals surface area contributed by atoms with Crippen LogP contribution in [0.25, 0.3) is 0 Å². The smallest absolute Gasteiger partial charge is 0.175 e. The number of piperidine rings is 1. The van der Waals surface area contributed by atoms with Gasteiger partial charge >= 0.3 is 0 Å². The van der Waals surface area contributed by atoms with Gasteiger partial charge in [-0.3, -0.25) is 0 Å². The van der Waals surface area contributed by atoms with Crippen molar-refractivity contribution in [2.24, 2.45) is 0 Å². The molecule has 0 saturated carbocycles. The number of hydrogen-bond donors (Lipinski definition) is 2. The van der Waals surface area contributed by atoms with Crippen LogP contribution in [0.3, 0.4) is 0 Å². The Balaban J connectivity index is 2.29. The van der Waals surface area contributed by atoms with Crippen molar-refractivity contribution in [1.82, 2.24) is 5.32 Å². The number of rotatable bonds is 2. The van der Waals surface area contributed by atoms with E-state index in [0.717, 1.165) is 18.7 Å². The molecule has 4 nitrogen and oxygen atoms in total. The first-order valence-corrected chi connectivity index (χ1v) is 7.55. The van der Waals surface area contributed by atoms with Crippen LogP contribution >= 0.6 is 0 Å². The van der Waals surface area contributed by atoms with Crippen LogP contribution in [0.5, 0.6) is 0 Å². The van der Waals surface area contributed by atoms with Crippen LogP contribution < -0.4 is 5.32 Å². The lowest BCUT2D eigenvalue weighted by atomic mass is 9.85. The normalized spacial score (nSPS) is 20.1. The minimum atomic E-state index is -3.16. The van der Waals surface area contributed by atoms with Gasteiger partial charge in [0.05, 0.1) is 10.5 Å². The average molecular weight is 255 g/mol. The van der Waals surface area contributed by atoms with Gasteiger partial charge in [-0.2, -0.15) is 0 Å². The Hall–Kier alpha value is -0.910. The molecule has 1 heterocycles. The lowest BCUT2D eigenvalue weighted by Gasteiger charge is -2.33. The highest BCUT2D eigenvalue weighted by atomic mass is 32.2. The predicted octanol–water partition coefficient (Wildman–Crippen LogP) is 0.661. The van der Waals surface area contributed by atoms with E-state index in [9.17, 15) is 13.5 Å². The fourth-order valence-corrected chi connectivity index (χ4v) is 2.77. The summed E-state index contributed by atoms with van der Waals surface area (Å²) >= 11 is 0. The predicted molar refractivity (Wildman–Crippen MR) is 65.6 cm³/mol. The molecule has 2 rings (SSSR count). The molecular formula is C12H17NO3S. The quantitative estimate of drug-likeness (QED) is 0.815. The number of aliphatic hydroxyl groups is 1. The maximum Gasteiger partial charge on any atom is 0.175 e. The highest BCUT2D eigenvalue weighted by Crippen LogP contribution is 2.30. The molecule has 5 heteroatoms. The summed E-state index contributed by atoms with van der Waals surface area (Å²) in [6.45, 7) is 1.56. The fourth-order valence-electron chi connectivity index (χ4n) is 2.14. The zero-order valence-electron chi connectivity index (χ0n) is 9.81. The number of nitrogens with one attached hydrogen (secondary N) is 1. The maximum absolute atomic E-state index is 11.3. The second-order valence-electron chi connectivity index (χ2n) is 4.58. The van der Waals surface area contributed by atoms with Gasteiger partial charge in [0.1, 0.15) is 0 Å². The summed E-state index contributed by atoms with van der Waals surface area (Å²) in [4.78, 5) is 0.291. The third-order valence-electron chi connectivity index (χ3n) is 3.25. The number of benzene rings is 1. The van der Waals surface area contributed by atoms with Crippen LogP contribution in [-0.4, -0.2) is 32.9 Å². The van der Waals surface area contributed by atoms with Crippen molar-refractivity contribution in [3.8, 4) is 0 Å². The molecule has 0 aliphatic carbocycles. The summed E-state index contributed by atoms with van der Waals surface area (Å²) in [6, 6.07) is 6.54. The van der Waals surface area contributed by atoms with Gasteiger partial charge in [-0.15, -0.1) is 0 Å². The van der Waals surface area contributed by atoms with E-state index in [4.69, 9.17) is 0 Å². The molecule has 1 aromatic rings. The molecule has 1 aliphatic rings. The Morgan fingerprint density at radius 1 is 1.18 bits per heavy atom. The van der Waals surface area contributed by atoms with Gasteiger partial charge in [0, 0.05) is 6.26 Å². The summed E-state index contributed by atoms with van der Waals surface area (Å²) < 4.78 is 22.7. The summed E-state index contributed by atoms with van der Waals surface area (Å²) in [6.07, 6.45) is 2.50. The Kier molecular flexibility index (Phi) is 3.25. The standard InChI is InChI=1S/C12H17NO3S/c1-17(15,16)11-4-2-10(3-5-11)12(14)6-8-13-9-7-12/h2-5,13-14H,6-9H2,1H3. The lowest BCUT2D eigenvalue weighted by Crippen LogP contribution is -2.39. The second kappa shape index (κ2) is 4.40. The topological polar surface area (TPSA) is 66.4 Å². The zero-order chi connectivity index (χ0) is 12.5. The minimum absolute atomic E-state index is 0.291. The van der Waals surface area contributed by atoms with Crippen molar-refractivity contribution in [3.63, 3.8) is 0 Å².